The van der Waals surface area contributed by atoms with Crippen LogP contribution in [-0.2, 0) is 4.74 Å². The Bertz CT molecular complexity index is 593. The van der Waals surface area contributed by atoms with Gasteiger partial charge in [0.1, 0.15) is 10.9 Å². The molecule has 1 saturated heterocycles. The molecule has 0 bridgehead atoms. The predicted octanol–water partition coefficient (Wildman–Crippen LogP) is 3.33. The van der Waals surface area contributed by atoms with Crippen LogP contribution in [0.25, 0.3) is 0 Å². The van der Waals surface area contributed by atoms with Gasteiger partial charge in [-0.25, -0.2) is 4.98 Å². The number of rotatable bonds is 5. The zero-order chi connectivity index (χ0) is 16.1. The largest absolute Gasteiger partial charge is 0.454 e. The molecule has 0 radical (unpaired) electrons. The molecule has 0 aromatic carbocycles. The fourth-order valence-electron chi connectivity index (χ4n) is 2.65. The third kappa shape index (κ3) is 4.45. The Morgan fingerprint density at radius 2 is 2.13 bits per heavy atom. The topological polar surface area (TPSA) is 69.7 Å². The van der Waals surface area contributed by atoms with Gasteiger partial charge in [-0.05, 0) is 38.2 Å². The number of halogens is 1. The molecule has 0 atom stereocenters. The minimum Gasteiger partial charge on any atom is -0.454 e. The van der Waals surface area contributed by atoms with Crippen LogP contribution in [0, 0.1) is 5.92 Å². The van der Waals surface area contributed by atoms with Crippen LogP contribution in [0.2, 0.25) is 5.15 Å². The van der Waals surface area contributed by atoms with E-state index in [2.05, 4.69) is 9.98 Å². The minimum atomic E-state index is 0.267. The Kier molecular flexibility index (Phi) is 5.51. The number of hydrogen-bond donors (Lipinski definition) is 1. The summed E-state index contributed by atoms with van der Waals surface area (Å²) in [5, 5.41) is 0.391. The van der Waals surface area contributed by atoms with Crippen molar-refractivity contribution in [1.82, 2.24) is 4.98 Å². The lowest BCUT2D eigenvalue weighted by molar-refractivity contribution is 0.0746. The Labute approximate surface area is 141 Å². The molecule has 2 fully saturated rings. The number of hydrogen-bond acceptors (Lipinski definition) is 5. The van der Waals surface area contributed by atoms with E-state index in [0.29, 0.717) is 22.7 Å². The average Bonchev–Trinajstić information content (AvgIpc) is 2.52. The van der Waals surface area contributed by atoms with E-state index in [1.54, 1.807) is 24.5 Å². The monoisotopic (exact) mass is 335 g/mol. The number of allylic oxidation sites excluding steroid dienone is 2. The lowest BCUT2D eigenvalue weighted by Gasteiger charge is -2.24. The SMILES string of the molecule is N/C(=C(\C=NC1CCC1)Oc1ccnc(Cl)c1)C1CCOCC1. The highest BCUT2D eigenvalue weighted by Gasteiger charge is 2.21. The number of aromatic nitrogens is 1. The number of ether oxygens (including phenoxy) is 2. The third-order valence-corrected chi connectivity index (χ3v) is 4.56. The molecule has 0 spiro atoms. The van der Waals surface area contributed by atoms with E-state index >= 15 is 0 Å². The molecule has 2 heterocycles. The Hall–Kier alpha value is -1.59. The molecule has 0 unspecified atom stereocenters. The predicted molar refractivity (Wildman–Crippen MR) is 90.8 cm³/mol. The van der Waals surface area contributed by atoms with E-state index in [4.69, 9.17) is 26.8 Å². The van der Waals surface area contributed by atoms with Crippen molar-refractivity contribution in [2.75, 3.05) is 13.2 Å². The highest BCUT2D eigenvalue weighted by Crippen LogP contribution is 2.26. The number of pyridine rings is 1. The maximum Gasteiger partial charge on any atom is 0.164 e. The summed E-state index contributed by atoms with van der Waals surface area (Å²) in [5.41, 5.74) is 7.12. The lowest BCUT2D eigenvalue weighted by Crippen LogP contribution is -2.25. The highest BCUT2D eigenvalue weighted by molar-refractivity contribution is 6.29. The van der Waals surface area contributed by atoms with E-state index in [9.17, 15) is 0 Å². The van der Waals surface area contributed by atoms with Crippen molar-refractivity contribution in [2.45, 2.75) is 38.1 Å². The maximum absolute atomic E-state index is 6.38. The summed E-state index contributed by atoms with van der Waals surface area (Å²) in [6, 6.07) is 3.84. The van der Waals surface area contributed by atoms with Gasteiger partial charge >= 0.3 is 0 Å². The van der Waals surface area contributed by atoms with Crippen LogP contribution in [0.5, 0.6) is 5.75 Å². The first-order valence-electron chi connectivity index (χ1n) is 8.12. The van der Waals surface area contributed by atoms with Gasteiger partial charge in [0.2, 0.25) is 0 Å². The fraction of sp³-hybridized carbons (Fsp3) is 0.529. The molecule has 1 aliphatic carbocycles. The van der Waals surface area contributed by atoms with Crippen molar-refractivity contribution < 1.29 is 9.47 Å². The molecular weight excluding hydrogens is 314 g/mol. The zero-order valence-electron chi connectivity index (χ0n) is 13.1. The molecule has 124 valence electrons. The van der Waals surface area contributed by atoms with Gasteiger partial charge in [0.25, 0.3) is 0 Å². The molecule has 1 aliphatic heterocycles. The number of nitrogens with two attached hydrogens (primary N) is 1. The van der Waals surface area contributed by atoms with Crippen molar-refractivity contribution >= 4 is 17.8 Å². The van der Waals surface area contributed by atoms with Gasteiger partial charge in [-0.15, -0.1) is 0 Å². The summed E-state index contributed by atoms with van der Waals surface area (Å²) < 4.78 is 11.4. The summed E-state index contributed by atoms with van der Waals surface area (Å²) in [4.78, 5) is 8.56. The standard InChI is InChI=1S/C17H22ClN3O2/c18-16-10-14(4-7-20-16)23-15(11-21-13-2-1-3-13)17(19)12-5-8-22-9-6-12/h4,7,10-13H,1-3,5-6,8-9,19H2/b17-15+,21-11?. The summed E-state index contributed by atoms with van der Waals surface area (Å²) >= 11 is 5.93. The van der Waals surface area contributed by atoms with E-state index in [0.717, 1.165) is 44.6 Å². The van der Waals surface area contributed by atoms with Crippen LogP contribution >= 0.6 is 11.6 Å². The van der Waals surface area contributed by atoms with E-state index in [-0.39, 0.29) is 5.92 Å². The third-order valence-electron chi connectivity index (χ3n) is 4.35. The smallest absolute Gasteiger partial charge is 0.164 e. The van der Waals surface area contributed by atoms with Gasteiger partial charge in [-0.2, -0.15) is 0 Å². The number of nitrogens with zero attached hydrogens (tertiary/aromatic N) is 2. The molecule has 23 heavy (non-hydrogen) atoms. The molecule has 1 aromatic heterocycles. The molecule has 5 nitrogen and oxygen atoms in total. The molecule has 1 aromatic rings. The highest BCUT2D eigenvalue weighted by atomic mass is 35.5. The second kappa shape index (κ2) is 7.79. The van der Waals surface area contributed by atoms with Gasteiger partial charge in [-0.3, -0.25) is 4.99 Å². The molecule has 2 aliphatic rings. The summed E-state index contributed by atoms with van der Waals surface area (Å²) in [6.45, 7) is 1.47. The summed E-state index contributed by atoms with van der Waals surface area (Å²) in [5.74, 6) is 1.50. The second-order valence-corrected chi connectivity index (χ2v) is 6.37. The summed E-state index contributed by atoms with van der Waals surface area (Å²) in [7, 11) is 0. The molecule has 0 amide bonds. The summed E-state index contributed by atoms with van der Waals surface area (Å²) in [6.07, 6.45) is 8.74. The first-order valence-corrected chi connectivity index (χ1v) is 8.50. The van der Waals surface area contributed by atoms with Crippen LogP contribution in [0.1, 0.15) is 32.1 Å². The van der Waals surface area contributed by atoms with Gasteiger partial charge in [-0.1, -0.05) is 11.6 Å². The van der Waals surface area contributed by atoms with Crippen molar-refractivity contribution in [2.24, 2.45) is 16.6 Å². The van der Waals surface area contributed by atoms with E-state index in [1.165, 1.54) is 6.42 Å². The molecular formula is C17H22ClN3O2. The van der Waals surface area contributed by atoms with Crippen molar-refractivity contribution in [1.29, 1.82) is 0 Å². The van der Waals surface area contributed by atoms with Gasteiger partial charge < -0.3 is 15.2 Å². The Balaban J connectivity index is 1.80. The first-order chi connectivity index (χ1) is 11.2. The van der Waals surface area contributed by atoms with Crippen LogP contribution in [-0.4, -0.2) is 30.5 Å². The zero-order valence-corrected chi connectivity index (χ0v) is 13.8. The number of aliphatic imine (C=N–C) groups is 1. The van der Waals surface area contributed by atoms with Crippen molar-refractivity contribution in [3.63, 3.8) is 0 Å². The van der Waals surface area contributed by atoms with Crippen LogP contribution in [0.4, 0.5) is 0 Å². The average molecular weight is 336 g/mol. The lowest BCUT2D eigenvalue weighted by atomic mass is 9.93. The van der Waals surface area contributed by atoms with Gasteiger partial charge in [0, 0.05) is 31.4 Å². The second-order valence-electron chi connectivity index (χ2n) is 5.99. The van der Waals surface area contributed by atoms with Crippen LogP contribution in [0.15, 0.2) is 34.8 Å². The quantitative estimate of drug-likeness (QED) is 0.509. The van der Waals surface area contributed by atoms with Gasteiger partial charge in [0.15, 0.2) is 5.76 Å². The first kappa shape index (κ1) is 16.3. The van der Waals surface area contributed by atoms with E-state index < -0.39 is 0 Å². The van der Waals surface area contributed by atoms with E-state index in [1.807, 2.05) is 0 Å². The van der Waals surface area contributed by atoms with Crippen LogP contribution in [0.3, 0.4) is 0 Å². The Morgan fingerprint density at radius 1 is 1.35 bits per heavy atom. The normalized spacial score (nSPS) is 21.1. The molecule has 1 saturated carbocycles. The molecule has 6 heteroatoms. The Morgan fingerprint density at radius 3 is 2.78 bits per heavy atom. The molecule has 2 N–H and O–H groups in total. The minimum absolute atomic E-state index is 0.267. The van der Waals surface area contributed by atoms with Crippen LogP contribution < -0.4 is 10.5 Å². The maximum atomic E-state index is 6.38. The van der Waals surface area contributed by atoms with Crippen molar-refractivity contribution in [3.05, 3.63) is 34.9 Å². The van der Waals surface area contributed by atoms with Gasteiger partial charge in [0.05, 0.1) is 18.0 Å². The van der Waals surface area contributed by atoms with Crippen molar-refractivity contribution in [3.8, 4) is 5.75 Å². The fourth-order valence-corrected chi connectivity index (χ4v) is 2.82. The molecule has 3 rings (SSSR count).